The molecule has 6 heteroatoms. The summed E-state index contributed by atoms with van der Waals surface area (Å²) in [5.41, 5.74) is 0. The Balaban J connectivity index is 4.42. The predicted octanol–water partition coefficient (Wildman–Crippen LogP) is 22.8. The van der Waals surface area contributed by atoms with Crippen molar-refractivity contribution in [3.8, 4) is 0 Å². The Morgan fingerprint density at radius 2 is 0.500 bits per heavy atom. The molecule has 0 saturated heterocycles. The maximum atomic E-state index is 12.9. The van der Waals surface area contributed by atoms with Gasteiger partial charge in [-0.15, -0.1) is 0 Å². The molecule has 0 aromatic heterocycles. The fraction of sp³-hybridized carbons (Fsp3) is 0.736. The number of hydrogen-bond donors (Lipinski definition) is 0. The van der Waals surface area contributed by atoms with Crippen LogP contribution < -0.4 is 0 Å². The minimum absolute atomic E-state index is 0.0932. The molecule has 1 atom stereocenters. The van der Waals surface area contributed by atoms with E-state index in [1.165, 1.54) is 173 Å². The second-order valence-corrected chi connectivity index (χ2v) is 22.0. The Bertz CT molecular complexity index is 1530. The highest BCUT2D eigenvalue weighted by Crippen LogP contribution is 2.16. The number of carbonyl (C=O) groups excluding carboxylic acids is 3. The van der Waals surface area contributed by atoms with Crippen LogP contribution in [0.2, 0.25) is 0 Å². The molecule has 448 valence electrons. The van der Waals surface area contributed by atoms with E-state index in [4.69, 9.17) is 14.2 Å². The van der Waals surface area contributed by atoms with E-state index >= 15 is 0 Å². The van der Waals surface area contributed by atoms with Crippen molar-refractivity contribution in [2.24, 2.45) is 0 Å². The third kappa shape index (κ3) is 63.2. The van der Waals surface area contributed by atoms with Crippen LogP contribution >= 0.6 is 0 Å². The van der Waals surface area contributed by atoms with Crippen LogP contribution in [0.3, 0.4) is 0 Å². The highest BCUT2D eigenvalue weighted by Gasteiger charge is 2.19. The smallest absolute Gasteiger partial charge is 0.306 e. The molecule has 6 nitrogen and oxygen atoms in total. The van der Waals surface area contributed by atoms with E-state index in [0.29, 0.717) is 12.8 Å². The number of carbonyl (C=O) groups is 3. The first-order valence-electron chi connectivity index (χ1n) is 33.2. The van der Waals surface area contributed by atoms with E-state index in [1.807, 2.05) is 0 Å². The zero-order valence-electron chi connectivity index (χ0n) is 51.4. The lowest BCUT2D eigenvalue weighted by molar-refractivity contribution is -0.167. The van der Waals surface area contributed by atoms with E-state index in [-0.39, 0.29) is 37.5 Å². The van der Waals surface area contributed by atoms with Crippen LogP contribution in [-0.2, 0) is 28.6 Å². The number of unbranched alkanes of at least 4 members (excludes halogenated alkanes) is 33. The molecule has 0 radical (unpaired) electrons. The zero-order valence-corrected chi connectivity index (χ0v) is 51.4. The molecule has 78 heavy (non-hydrogen) atoms. The van der Waals surface area contributed by atoms with Gasteiger partial charge in [0.2, 0.25) is 0 Å². The van der Waals surface area contributed by atoms with Gasteiger partial charge < -0.3 is 14.2 Å². The highest BCUT2D eigenvalue weighted by molar-refractivity contribution is 5.71. The van der Waals surface area contributed by atoms with Crippen LogP contribution in [0.1, 0.15) is 323 Å². The number of esters is 3. The van der Waals surface area contributed by atoms with Crippen LogP contribution in [0.5, 0.6) is 0 Å². The van der Waals surface area contributed by atoms with Crippen LogP contribution in [0.15, 0.2) is 97.2 Å². The molecule has 1 unspecified atom stereocenters. The van der Waals surface area contributed by atoms with E-state index in [2.05, 4.69) is 118 Å². The Hall–Kier alpha value is -3.67. The number of hydrogen-bond acceptors (Lipinski definition) is 6. The first-order chi connectivity index (χ1) is 38.5. The van der Waals surface area contributed by atoms with Crippen molar-refractivity contribution in [3.63, 3.8) is 0 Å². The average molecular weight is 1090 g/mol. The second kappa shape index (κ2) is 65.8. The van der Waals surface area contributed by atoms with Gasteiger partial charge >= 0.3 is 17.9 Å². The molecule has 0 aromatic rings. The largest absolute Gasteiger partial charge is 0.462 e. The summed E-state index contributed by atoms with van der Waals surface area (Å²) in [4.78, 5) is 38.4. The molecule has 0 saturated carbocycles. The quantitative estimate of drug-likeness (QED) is 0.0261. The fourth-order valence-electron chi connectivity index (χ4n) is 9.32. The molecule has 0 N–H and O–H groups in total. The molecule has 0 amide bonds. The first kappa shape index (κ1) is 74.3. The van der Waals surface area contributed by atoms with Gasteiger partial charge in [0.25, 0.3) is 0 Å². The lowest BCUT2D eigenvalue weighted by Crippen LogP contribution is -2.30. The molecule has 0 aromatic carbocycles. The topological polar surface area (TPSA) is 78.9 Å². The van der Waals surface area contributed by atoms with Crippen LogP contribution in [0.4, 0.5) is 0 Å². The Morgan fingerprint density at radius 1 is 0.269 bits per heavy atom. The van der Waals surface area contributed by atoms with Crippen LogP contribution in [0, 0.1) is 0 Å². The van der Waals surface area contributed by atoms with Crippen LogP contribution in [-0.4, -0.2) is 37.2 Å². The minimum atomic E-state index is -0.801. The van der Waals surface area contributed by atoms with Crippen LogP contribution in [0.25, 0.3) is 0 Å². The Morgan fingerprint density at radius 3 is 0.821 bits per heavy atom. The summed E-state index contributed by atoms with van der Waals surface area (Å²) < 4.78 is 16.9. The van der Waals surface area contributed by atoms with E-state index < -0.39 is 6.10 Å². The highest BCUT2D eigenvalue weighted by atomic mass is 16.6. The third-order valence-corrected chi connectivity index (χ3v) is 14.3. The second-order valence-electron chi connectivity index (χ2n) is 22.0. The van der Waals surface area contributed by atoms with E-state index in [0.717, 1.165) is 109 Å². The molecular weight excluding hydrogens is 961 g/mol. The van der Waals surface area contributed by atoms with Gasteiger partial charge in [-0.1, -0.05) is 279 Å². The third-order valence-electron chi connectivity index (χ3n) is 14.3. The number of ether oxygens (including phenoxy) is 3. The Kier molecular flexibility index (Phi) is 62.7. The minimum Gasteiger partial charge on any atom is -0.462 e. The van der Waals surface area contributed by atoms with Gasteiger partial charge in [-0.25, -0.2) is 0 Å². The standard InChI is InChI=1S/C72H124O6/c1-4-7-10-13-16-19-22-25-28-31-34-35-36-37-39-41-44-47-50-53-56-59-62-65-71(74)77-68-69(67-76-70(73)64-61-58-55-52-49-46-43-40-33-30-27-24-21-18-15-12-9-6-3)78-72(75)66-63-60-57-54-51-48-45-42-38-32-29-26-23-20-17-14-11-8-5-2/h8,11,17,20-21,24,26,29-31,33-34,38,42,48,51,69H,4-7,9-10,12-16,18-19,22-23,25,27-28,32,35-37,39-41,43-47,49-50,52-68H2,1-3H3/b11-8-,20-17-,24-21-,29-26-,33-30-,34-31-,42-38-,51-48-. The van der Waals surface area contributed by atoms with Gasteiger partial charge in [0, 0.05) is 19.3 Å². The van der Waals surface area contributed by atoms with Gasteiger partial charge in [-0.05, 0) is 122 Å². The summed E-state index contributed by atoms with van der Waals surface area (Å²) in [6, 6.07) is 0. The summed E-state index contributed by atoms with van der Waals surface area (Å²) in [6.45, 7) is 6.51. The van der Waals surface area contributed by atoms with Gasteiger partial charge in [-0.2, -0.15) is 0 Å². The van der Waals surface area contributed by atoms with E-state index in [9.17, 15) is 14.4 Å². The fourth-order valence-corrected chi connectivity index (χ4v) is 9.32. The zero-order chi connectivity index (χ0) is 56.4. The molecule has 0 fully saturated rings. The summed E-state index contributed by atoms with van der Waals surface area (Å²) in [5.74, 6) is -0.923. The van der Waals surface area contributed by atoms with Crippen molar-refractivity contribution in [2.75, 3.05) is 13.2 Å². The maximum Gasteiger partial charge on any atom is 0.306 e. The normalized spacial score (nSPS) is 12.7. The maximum absolute atomic E-state index is 12.9. The van der Waals surface area contributed by atoms with Gasteiger partial charge in [0.05, 0.1) is 0 Å². The Labute approximate surface area is 483 Å². The van der Waals surface area contributed by atoms with Crippen molar-refractivity contribution in [1.29, 1.82) is 0 Å². The predicted molar refractivity (Wildman–Crippen MR) is 339 cm³/mol. The van der Waals surface area contributed by atoms with Gasteiger partial charge in [0.1, 0.15) is 13.2 Å². The average Bonchev–Trinajstić information content (AvgIpc) is 3.44. The number of rotatable bonds is 60. The van der Waals surface area contributed by atoms with E-state index in [1.54, 1.807) is 0 Å². The van der Waals surface area contributed by atoms with Crippen molar-refractivity contribution in [2.45, 2.75) is 329 Å². The van der Waals surface area contributed by atoms with Crippen molar-refractivity contribution >= 4 is 17.9 Å². The molecule has 0 aliphatic carbocycles. The van der Waals surface area contributed by atoms with Crippen molar-refractivity contribution in [1.82, 2.24) is 0 Å². The monoisotopic (exact) mass is 1080 g/mol. The molecule has 0 rings (SSSR count). The lowest BCUT2D eigenvalue weighted by atomic mass is 10.0. The molecular formula is C72H124O6. The van der Waals surface area contributed by atoms with Gasteiger partial charge in [0.15, 0.2) is 6.10 Å². The molecule has 0 heterocycles. The molecule has 0 aliphatic rings. The first-order valence-corrected chi connectivity index (χ1v) is 33.2. The molecule has 0 bridgehead atoms. The summed E-state index contributed by atoms with van der Waals surface area (Å²) >= 11 is 0. The summed E-state index contributed by atoms with van der Waals surface area (Å²) in [5, 5.41) is 0. The molecule has 0 spiro atoms. The summed E-state index contributed by atoms with van der Waals surface area (Å²) in [7, 11) is 0. The number of allylic oxidation sites excluding steroid dienone is 16. The summed E-state index contributed by atoms with van der Waals surface area (Å²) in [6.07, 6.45) is 88.4. The van der Waals surface area contributed by atoms with Crippen molar-refractivity contribution < 1.29 is 28.6 Å². The molecule has 0 aliphatic heterocycles. The SMILES string of the molecule is CC/C=C\C/C=C\C/C=C\C/C=C\C/C=C\CCCCCC(=O)OC(COC(=O)CCCCCCCCC/C=C\C/C=C\CCCCCC)COC(=O)CCCCCCCCCCCCC/C=C\CCCCCCCCCC. The van der Waals surface area contributed by atoms with Crippen molar-refractivity contribution in [3.05, 3.63) is 97.2 Å². The van der Waals surface area contributed by atoms with Gasteiger partial charge in [-0.3, -0.25) is 14.4 Å². The lowest BCUT2D eigenvalue weighted by Gasteiger charge is -2.18.